The molecule has 0 saturated carbocycles. The fourth-order valence-electron chi connectivity index (χ4n) is 1.81. The molecule has 0 bridgehead atoms. The predicted molar refractivity (Wildman–Crippen MR) is 70.6 cm³/mol. The number of halogens is 2. The zero-order valence-electron chi connectivity index (χ0n) is 9.95. The first-order valence-corrected chi connectivity index (χ1v) is 6.53. The Morgan fingerprint density at radius 2 is 2.33 bits per heavy atom. The first-order chi connectivity index (χ1) is 8.70. The molecule has 0 aliphatic carbocycles. The van der Waals surface area contributed by atoms with Crippen molar-refractivity contribution in [2.75, 3.05) is 6.54 Å². The summed E-state index contributed by atoms with van der Waals surface area (Å²) in [6.45, 7) is 2.86. The lowest BCUT2D eigenvalue weighted by Crippen LogP contribution is -2.23. The van der Waals surface area contributed by atoms with E-state index in [0.29, 0.717) is 0 Å². The Hall–Kier alpha value is -1.27. The molecule has 1 aromatic carbocycles. The summed E-state index contributed by atoms with van der Waals surface area (Å²) in [4.78, 5) is 0. The maximum Gasteiger partial charge on any atom is 0.124 e. The van der Waals surface area contributed by atoms with E-state index in [-0.39, 0.29) is 11.9 Å². The predicted octanol–water partition coefficient (Wildman–Crippen LogP) is 2.60. The summed E-state index contributed by atoms with van der Waals surface area (Å²) in [6.07, 6.45) is 2.42. The Kier molecular flexibility index (Phi) is 4.43. The summed E-state index contributed by atoms with van der Waals surface area (Å²) in [7, 11) is 0. The number of likely N-dealkylation sites (N-methyl/N-ethyl adjacent to an activating group) is 1. The SMILES string of the molecule is CCNC(Cc1ccc(F)cc1Br)c1cn[nH]n1. The van der Waals surface area contributed by atoms with Gasteiger partial charge in [0.1, 0.15) is 5.82 Å². The maximum atomic E-state index is 13.0. The van der Waals surface area contributed by atoms with Crippen molar-refractivity contribution in [2.24, 2.45) is 0 Å². The fraction of sp³-hybridized carbons (Fsp3) is 0.333. The van der Waals surface area contributed by atoms with Gasteiger partial charge in [0.05, 0.1) is 17.9 Å². The smallest absolute Gasteiger partial charge is 0.124 e. The summed E-state index contributed by atoms with van der Waals surface area (Å²) in [5.74, 6) is -0.243. The molecule has 1 heterocycles. The van der Waals surface area contributed by atoms with Crippen LogP contribution in [-0.4, -0.2) is 22.0 Å². The molecular weight excluding hydrogens is 299 g/mol. The number of H-pyrrole nitrogens is 1. The number of aromatic nitrogens is 3. The molecular formula is C12H14BrFN4. The average Bonchev–Trinajstić information content (AvgIpc) is 2.85. The van der Waals surface area contributed by atoms with Gasteiger partial charge in [-0.3, -0.25) is 0 Å². The van der Waals surface area contributed by atoms with Gasteiger partial charge in [0.15, 0.2) is 0 Å². The number of hydrogen-bond acceptors (Lipinski definition) is 3. The highest BCUT2D eigenvalue weighted by Gasteiger charge is 2.15. The van der Waals surface area contributed by atoms with E-state index in [1.165, 1.54) is 12.1 Å². The molecule has 2 aromatic rings. The first kappa shape index (κ1) is 13.2. The monoisotopic (exact) mass is 312 g/mol. The van der Waals surface area contributed by atoms with Crippen LogP contribution in [0.3, 0.4) is 0 Å². The summed E-state index contributed by atoms with van der Waals surface area (Å²) in [5.41, 5.74) is 1.89. The van der Waals surface area contributed by atoms with Crippen LogP contribution >= 0.6 is 15.9 Å². The van der Waals surface area contributed by atoms with Gasteiger partial charge in [0.25, 0.3) is 0 Å². The van der Waals surface area contributed by atoms with Gasteiger partial charge in [0, 0.05) is 4.47 Å². The van der Waals surface area contributed by atoms with Crippen molar-refractivity contribution >= 4 is 15.9 Å². The summed E-state index contributed by atoms with van der Waals surface area (Å²) < 4.78 is 13.8. The lowest BCUT2D eigenvalue weighted by Gasteiger charge is -2.16. The highest BCUT2D eigenvalue weighted by atomic mass is 79.9. The number of nitrogens with one attached hydrogen (secondary N) is 2. The van der Waals surface area contributed by atoms with E-state index in [4.69, 9.17) is 0 Å². The third-order valence-electron chi connectivity index (χ3n) is 2.68. The molecule has 0 aliphatic rings. The quantitative estimate of drug-likeness (QED) is 0.892. The number of hydrogen-bond donors (Lipinski definition) is 2. The van der Waals surface area contributed by atoms with Gasteiger partial charge in [-0.05, 0) is 30.7 Å². The van der Waals surface area contributed by atoms with Gasteiger partial charge in [-0.15, -0.1) is 0 Å². The molecule has 0 fully saturated rings. The highest BCUT2D eigenvalue weighted by Crippen LogP contribution is 2.23. The number of nitrogens with zero attached hydrogens (tertiary/aromatic N) is 2. The normalized spacial score (nSPS) is 12.6. The van der Waals surface area contributed by atoms with Gasteiger partial charge in [0.2, 0.25) is 0 Å². The summed E-state index contributed by atoms with van der Waals surface area (Å²) in [6, 6.07) is 4.78. The van der Waals surface area contributed by atoms with Crippen molar-refractivity contribution in [3.05, 3.63) is 45.9 Å². The summed E-state index contributed by atoms with van der Waals surface area (Å²) in [5, 5.41) is 13.9. The molecule has 0 aliphatic heterocycles. The Morgan fingerprint density at radius 3 is 2.94 bits per heavy atom. The third kappa shape index (κ3) is 3.14. The van der Waals surface area contributed by atoms with Crippen LogP contribution in [0.1, 0.15) is 24.2 Å². The standard InChI is InChI=1S/C12H14BrFN4/c1-2-15-11(12-7-16-18-17-12)5-8-3-4-9(14)6-10(8)13/h3-4,6-7,11,15H,2,5H2,1H3,(H,16,17,18). The van der Waals surface area contributed by atoms with Gasteiger partial charge in [-0.1, -0.05) is 28.9 Å². The van der Waals surface area contributed by atoms with Crippen molar-refractivity contribution in [1.29, 1.82) is 0 Å². The number of rotatable bonds is 5. The lowest BCUT2D eigenvalue weighted by molar-refractivity contribution is 0.533. The topological polar surface area (TPSA) is 53.6 Å². The van der Waals surface area contributed by atoms with Crippen LogP contribution in [0.5, 0.6) is 0 Å². The molecule has 2 rings (SSSR count). The van der Waals surface area contributed by atoms with Crippen LogP contribution in [0.25, 0.3) is 0 Å². The van der Waals surface area contributed by atoms with Gasteiger partial charge < -0.3 is 5.32 Å². The lowest BCUT2D eigenvalue weighted by atomic mass is 10.0. The minimum atomic E-state index is -0.243. The minimum Gasteiger partial charge on any atom is -0.309 e. The fourth-order valence-corrected chi connectivity index (χ4v) is 2.33. The molecule has 6 heteroatoms. The largest absolute Gasteiger partial charge is 0.309 e. The third-order valence-corrected chi connectivity index (χ3v) is 3.42. The highest BCUT2D eigenvalue weighted by molar-refractivity contribution is 9.10. The van der Waals surface area contributed by atoms with Crippen molar-refractivity contribution in [3.8, 4) is 0 Å². The maximum absolute atomic E-state index is 13.0. The molecule has 4 nitrogen and oxygen atoms in total. The Balaban J connectivity index is 2.18. The molecule has 0 radical (unpaired) electrons. The van der Waals surface area contributed by atoms with Crippen molar-refractivity contribution < 1.29 is 4.39 Å². The molecule has 1 atom stereocenters. The molecule has 0 saturated heterocycles. The average molecular weight is 313 g/mol. The van der Waals surface area contributed by atoms with Crippen molar-refractivity contribution in [1.82, 2.24) is 20.7 Å². The van der Waals surface area contributed by atoms with Crippen molar-refractivity contribution in [2.45, 2.75) is 19.4 Å². The van der Waals surface area contributed by atoms with E-state index in [0.717, 1.165) is 28.7 Å². The zero-order chi connectivity index (χ0) is 13.0. The number of benzene rings is 1. The van der Waals surface area contributed by atoms with Crippen LogP contribution in [0, 0.1) is 5.82 Å². The molecule has 0 amide bonds. The number of aromatic amines is 1. The van der Waals surface area contributed by atoms with Gasteiger partial charge in [-0.25, -0.2) is 4.39 Å². The molecule has 18 heavy (non-hydrogen) atoms. The minimum absolute atomic E-state index is 0.0653. The molecule has 1 aromatic heterocycles. The second-order valence-electron chi connectivity index (χ2n) is 3.94. The van der Waals surface area contributed by atoms with Crippen LogP contribution in [-0.2, 0) is 6.42 Å². The van der Waals surface area contributed by atoms with E-state index < -0.39 is 0 Å². The van der Waals surface area contributed by atoms with E-state index in [1.807, 2.05) is 6.92 Å². The Labute approximate surface area is 113 Å². The van der Waals surface area contributed by atoms with E-state index in [9.17, 15) is 4.39 Å². The van der Waals surface area contributed by atoms with E-state index >= 15 is 0 Å². The van der Waals surface area contributed by atoms with Gasteiger partial charge >= 0.3 is 0 Å². The van der Waals surface area contributed by atoms with E-state index in [2.05, 4.69) is 36.7 Å². The van der Waals surface area contributed by atoms with Gasteiger partial charge in [-0.2, -0.15) is 15.4 Å². The Bertz CT molecular complexity index is 501. The van der Waals surface area contributed by atoms with E-state index in [1.54, 1.807) is 12.3 Å². The molecule has 2 N–H and O–H groups in total. The Morgan fingerprint density at radius 1 is 1.50 bits per heavy atom. The van der Waals surface area contributed by atoms with Crippen LogP contribution in [0.2, 0.25) is 0 Å². The van der Waals surface area contributed by atoms with Crippen LogP contribution in [0.4, 0.5) is 4.39 Å². The molecule has 96 valence electrons. The van der Waals surface area contributed by atoms with Crippen molar-refractivity contribution in [3.63, 3.8) is 0 Å². The van der Waals surface area contributed by atoms with Crippen LogP contribution < -0.4 is 5.32 Å². The zero-order valence-corrected chi connectivity index (χ0v) is 11.5. The second kappa shape index (κ2) is 6.06. The van der Waals surface area contributed by atoms with Crippen LogP contribution in [0.15, 0.2) is 28.9 Å². The second-order valence-corrected chi connectivity index (χ2v) is 4.80. The molecule has 0 spiro atoms. The molecule has 1 unspecified atom stereocenters. The first-order valence-electron chi connectivity index (χ1n) is 5.73. The summed E-state index contributed by atoms with van der Waals surface area (Å²) >= 11 is 3.38.